The minimum absolute atomic E-state index is 0.0446. The van der Waals surface area contributed by atoms with Crippen LogP contribution in [0.2, 0.25) is 0 Å². The summed E-state index contributed by atoms with van der Waals surface area (Å²) in [7, 11) is 3.49. The molecule has 1 atom stereocenters. The van der Waals surface area contributed by atoms with Gasteiger partial charge < -0.3 is 10.2 Å². The van der Waals surface area contributed by atoms with Crippen LogP contribution in [-0.4, -0.2) is 40.3 Å². The van der Waals surface area contributed by atoms with Crippen molar-refractivity contribution in [3.8, 4) is 0 Å². The Balaban J connectivity index is 1.94. The quantitative estimate of drug-likeness (QED) is 0.862. The van der Waals surface area contributed by atoms with Gasteiger partial charge >= 0.3 is 0 Å². The third-order valence-corrected chi connectivity index (χ3v) is 3.20. The van der Waals surface area contributed by atoms with Crippen molar-refractivity contribution in [1.82, 2.24) is 14.3 Å². The average molecular weight is 240 g/mol. The van der Waals surface area contributed by atoms with E-state index in [1.54, 1.807) is 19.0 Å². The number of likely N-dealkylation sites (N-methyl/N-ethyl adjacent to an activating group) is 1. The van der Waals surface area contributed by atoms with E-state index in [1.165, 1.54) is 24.4 Å². The lowest BCUT2D eigenvalue weighted by Gasteiger charge is -2.16. The highest BCUT2D eigenvalue weighted by Gasteiger charge is 2.28. The van der Waals surface area contributed by atoms with E-state index >= 15 is 0 Å². The van der Waals surface area contributed by atoms with Gasteiger partial charge in [-0.2, -0.15) is 4.37 Å². The Morgan fingerprint density at radius 3 is 2.81 bits per heavy atom. The highest BCUT2D eigenvalue weighted by Crippen LogP contribution is 2.39. The highest BCUT2D eigenvalue weighted by atomic mass is 32.1. The van der Waals surface area contributed by atoms with Crippen molar-refractivity contribution in [3.05, 3.63) is 5.82 Å². The van der Waals surface area contributed by atoms with Gasteiger partial charge in [-0.1, -0.05) is 0 Å². The molecule has 0 spiro atoms. The maximum Gasteiger partial charge on any atom is 0.244 e. The molecule has 1 N–H and O–H groups in total. The van der Waals surface area contributed by atoms with Crippen LogP contribution in [0.15, 0.2) is 0 Å². The third kappa shape index (κ3) is 2.49. The zero-order chi connectivity index (χ0) is 11.7. The van der Waals surface area contributed by atoms with Gasteiger partial charge in [0.25, 0.3) is 0 Å². The van der Waals surface area contributed by atoms with Crippen molar-refractivity contribution < 1.29 is 4.79 Å². The van der Waals surface area contributed by atoms with Gasteiger partial charge in [0.2, 0.25) is 11.0 Å². The van der Waals surface area contributed by atoms with E-state index in [0.717, 1.165) is 11.0 Å². The van der Waals surface area contributed by atoms with E-state index in [1.807, 2.05) is 6.92 Å². The fraction of sp³-hybridized carbons (Fsp3) is 0.700. The molecule has 1 aliphatic carbocycles. The van der Waals surface area contributed by atoms with Crippen molar-refractivity contribution in [2.24, 2.45) is 0 Å². The number of carbonyl (C=O) groups excluding carboxylic acids is 1. The van der Waals surface area contributed by atoms with Gasteiger partial charge in [0.15, 0.2) is 0 Å². The van der Waals surface area contributed by atoms with Gasteiger partial charge in [0, 0.05) is 31.5 Å². The van der Waals surface area contributed by atoms with Crippen LogP contribution in [-0.2, 0) is 4.79 Å². The summed E-state index contributed by atoms with van der Waals surface area (Å²) >= 11 is 1.33. The van der Waals surface area contributed by atoms with Crippen LogP contribution in [0, 0.1) is 0 Å². The van der Waals surface area contributed by atoms with Crippen LogP contribution in [0.1, 0.15) is 31.5 Å². The van der Waals surface area contributed by atoms with Crippen LogP contribution in [0.5, 0.6) is 0 Å². The molecular weight excluding hydrogens is 224 g/mol. The van der Waals surface area contributed by atoms with Crippen molar-refractivity contribution in [2.45, 2.75) is 31.7 Å². The Hall–Kier alpha value is -1.17. The maximum absolute atomic E-state index is 11.6. The summed E-state index contributed by atoms with van der Waals surface area (Å²) in [5.74, 6) is 1.53. The predicted octanol–water partition coefficient (Wildman–Crippen LogP) is 1.30. The van der Waals surface area contributed by atoms with Crippen molar-refractivity contribution in [1.29, 1.82) is 0 Å². The molecule has 1 saturated carbocycles. The molecule has 16 heavy (non-hydrogen) atoms. The second-order valence-electron chi connectivity index (χ2n) is 4.33. The number of nitrogens with zero attached hydrogens (tertiary/aromatic N) is 3. The normalized spacial score (nSPS) is 16.9. The molecule has 2 rings (SSSR count). The highest BCUT2D eigenvalue weighted by molar-refractivity contribution is 7.09. The fourth-order valence-corrected chi connectivity index (χ4v) is 2.17. The largest absolute Gasteiger partial charge is 0.349 e. The third-order valence-electron chi connectivity index (χ3n) is 2.54. The number of nitrogens with one attached hydrogen (secondary N) is 1. The van der Waals surface area contributed by atoms with Crippen LogP contribution < -0.4 is 5.32 Å². The maximum atomic E-state index is 11.6. The van der Waals surface area contributed by atoms with Gasteiger partial charge in [0.05, 0.1) is 0 Å². The number of amides is 1. The Labute approximate surface area is 99.0 Å². The molecule has 88 valence electrons. The van der Waals surface area contributed by atoms with Crippen LogP contribution in [0.3, 0.4) is 0 Å². The summed E-state index contributed by atoms with van der Waals surface area (Å²) in [4.78, 5) is 17.6. The minimum atomic E-state index is -0.255. The molecule has 1 aliphatic rings. The van der Waals surface area contributed by atoms with Gasteiger partial charge in [-0.05, 0) is 19.8 Å². The molecule has 5 nitrogen and oxygen atoms in total. The molecule has 0 aromatic carbocycles. The summed E-state index contributed by atoms with van der Waals surface area (Å²) in [6, 6.07) is -0.255. The second-order valence-corrected chi connectivity index (χ2v) is 5.08. The summed E-state index contributed by atoms with van der Waals surface area (Å²) in [6.45, 7) is 1.83. The summed E-state index contributed by atoms with van der Waals surface area (Å²) in [5, 5.41) is 3.82. The molecule has 1 fully saturated rings. The first-order valence-corrected chi connectivity index (χ1v) is 6.16. The van der Waals surface area contributed by atoms with Gasteiger partial charge in [-0.15, -0.1) is 0 Å². The van der Waals surface area contributed by atoms with Crippen LogP contribution in [0.4, 0.5) is 5.13 Å². The number of hydrogen-bond donors (Lipinski definition) is 1. The van der Waals surface area contributed by atoms with Gasteiger partial charge in [-0.3, -0.25) is 4.79 Å². The van der Waals surface area contributed by atoms with Crippen molar-refractivity contribution in [3.63, 3.8) is 0 Å². The summed E-state index contributed by atoms with van der Waals surface area (Å²) in [6.07, 6.45) is 2.39. The first kappa shape index (κ1) is 11.3. The summed E-state index contributed by atoms with van der Waals surface area (Å²) in [5.41, 5.74) is 0. The lowest BCUT2D eigenvalue weighted by atomic mass is 10.3. The fourth-order valence-electron chi connectivity index (χ4n) is 1.44. The molecule has 0 aliphatic heterocycles. The van der Waals surface area contributed by atoms with Crippen LogP contribution in [0.25, 0.3) is 0 Å². The Morgan fingerprint density at radius 2 is 2.25 bits per heavy atom. The number of anilines is 1. The Bertz CT molecular complexity index is 386. The average Bonchev–Trinajstić information content (AvgIpc) is 2.99. The molecule has 0 bridgehead atoms. The molecule has 1 aromatic heterocycles. The number of carbonyl (C=O) groups is 1. The van der Waals surface area contributed by atoms with E-state index in [-0.39, 0.29) is 11.9 Å². The van der Waals surface area contributed by atoms with E-state index in [2.05, 4.69) is 14.7 Å². The molecule has 1 amide bonds. The first-order valence-electron chi connectivity index (χ1n) is 5.39. The van der Waals surface area contributed by atoms with Crippen LogP contribution >= 0.6 is 11.5 Å². The Morgan fingerprint density at radius 1 is 1.56 bits per heavy atom. The first-order chi connectivity index (χ1) is 7.58. The zero-order valence-electron chi connectivity index (χ0n) is 9.73. The van der Waals surface area contributed by atoms with E-state index < -0.39 is 0 Å². The minimum Gasteiger partial charge on any atom is -0.349 e. The van der Waals surface area contributed by atoms with E-state index in [4.69, 9.17) is 0 Å². The number of hydrogen-bond acceptors (Lipinski definition) is 5. The standard InChI is InChI=1S/C10H16N4OS/c1-6(9(15)14(2)3)11-10-12-8(13-16-10)7-4-5-7/h6-7H,4-5H2,1-3H3,(H,11,12,13)/t6-/m0/s1. The molecule has 1 aromatic rings. The lowest BCUT2D eigenvalue weighted by molar-refractivity contribution is -0.129. The van der Waals surface area contributed by atoms with Crippen molar-refractivity contribution >= 4 is 22.6 Å². The van der Waals surface area contributed by atoms with E-state index in [9.17, 15) is 4.79 Å². The smallest absolute Gasteiger partial charge is 0.244 e. The predicted molar refractivity (Wildman–Crippen MR) is 63.7 cm³/mol. The molecular formula is C10H16N4OS. The molecule has 1 heterocycles. The molecule has 0 saturated heterocycles. The number of rotatable bonds is 4. The molecule has 0 unspecified atom stereocenters. The van der Waals surface area contributed by atoms with E-state index in [0.29, 0.717) is 5.92 Å². The van der Waals surface area contributed by atoms with Gasteiger partial charge in [-0.25, -0.2) is 4.98 Å². The topological polar surface area (TPSA) is 58.1 Å². The second kappa shape index (κ2) is 4.37. The SMILES string of the molecule is C[C@H](Nc1nc(C2CC2)ns1)C(=O)N(C)C. The zero-order valence-corrected chi connectivity index (χ0v) is 10.5. The lowest BCUT2D eigenvalue weighted by Crippen LogP contribution is -2.36. The molecule has 0 radical (unpaired) electrons. The van der Waals surface area contributed by atoms with Gasteiger partial charge in [0.1, 0.15) is 11.9 Å². The Kier molecular flexibility index (Phi) is 3.09. The van der Waals surface area contributed by atoms with Crippen molar-refractivity contribution in [2.75, 3.05) is 19.4 Å². The summed E-state index contributed by atoms with van der Waals surface area (Å²) < 4.78 is 4.28. The monoisotopic (exact) mass is 240 g/mol. The number of aromatic nitrogens is 2. The molecule has 6 heteroatoms.